The van der Waals surface area contributed by atoms with E-state index in [1.165, 1.54) is 11.3 Å². The van der Waals surface area contributed by atoms with Crippen LogP contribution < -0.4 is 20.1 Å². The average molecular weight is 567 g/mol. The van der Waals surface area contributed by atoms with Gasteiger partial charge in [0.15, 0.2) is 5.69 Å². The molecule has 40 heavy (non-hydrogen) atoms. The molecule has 4 rings (SSSR count). The molecular formula is C29H34N4O6S. The third-order valence-electron chi connectivity index (χ3n) is 6.53. The van der Waals surface area contributed by atoms with Crippen LogP contribution in [0, 0.1) is 5.92 Å². The fourth-order valence-corrected chi connectivity index (χ4v) is 5.39. The monoisotopic (exact) mass is 566 g/mol. The largest absolute Gasteiger partial charge is 0.497 e. The molecule has 1 atom stereocenters. The lowest BCUT2D eigenvalue weighted by Crippen LogP contribution is -2.31. The summed E-state index contributed by atoms with van der Waals surface area (Å²) in [6.45, 7) is 4.41. The summed E-state index contributed by atoms with van der Waals surface area (Å²) >= 11 is 1.21. The van der Waals surface area contributed by atoms with Crippen LogP contribution in [0.4, 0.5) is 9.80 Å². The number of nitrogens with zero attached hydrogens (tertiary/aromatic N) is 2. The van der Waals surface area contributed by atoms with Crippen molar-refractivity contribution < 1.29 is 28.6 Å². The fourth-order valence-electron chi connectivity index (χ4n) is 4.28. The summed E-state index contributed by atoms with van der Waals surface area (Å²) < 4.78 is 16.2. The number of rotatable bonds is 10. The highest BCUT2D eigenvalue weighted by atomic mass is 32.1. The van der Waals surface area contributed by atoms with Crippen molar-refractivity contribution in [2.75, 3.05) is 26.1 Å². The third kappa shape index (κ3) is 6.90. The van der Waals surface area contributed by atoms with Crippen molar-refractivity contribution in [2.45, 2.75) is 45.9 Å². The molecule has 2 heterocycles. The Morgan fingerprint density at radius 3 is 2.58 bits per heavy atom. The molecule has 3 amide bonds. The van der Waals surface area contributed by atoms with Crippen LogP contribution in [0.15, 0.2) is 48.5 Å². The Hall–Kier alpha value is -4.12. The normalized spacial score (nSPS) is 14.6. The molecule has 11 heteroatoms. The van der Waals surface area contributed by atoms with Crippen molar-refractivity contribution in [3.8, 4) is 11.5 Å². The highest BCUT2D eigenvalue weighted by Crippen LogP contribution is 2.38. The van der Waals surface area contributed by atoms with Crippen molar-refractivity contribution in [1.82, 2.24) is 15.2 Å². The van der Waals surface area contributed by atoms with E-state index in [0.717, 1.165) is 17.5 Å². The number of hydrogen-bond donors (Lipinski definition) is 2. The molecule has 0 saturated carbocycles. The van der Waals surface area contributed by atoms with E-state index in [-0.39, 0.29) is 36.7 Å². The van der Waals surface area contributed by atoms with Gasteiger partial charge in [-0.1, -0.05) is 55.5 Å². The van der Waals surface area contributed by atoms with Crippen LogP contribution in [0.2, 0.25) is 0 Å². The highest BCUT2D eigenvalue weighted by molar-refractivity contribution is 7.16. The Labute approximate surface area is 237 Å². The number of likely N-dealkylation sites (tertiary alicyclic amines) is 1. The van der Waals surface area contributed by atoms with E-state index in [1.54, 1.807) is 45.1 Å². The molecule has 2 N–H and O–H groups in total. The maximum atomic E-state index is 13.3. The maximum absolute atomic E-state index is 13.3. The zero-order valence-electron chi connectivity index (χ0n) is 23.1. The zero-order chi connectivity index (χ0) is 28.6. The number of ether oxygens (including phenoxy) is 3. The van der Waals surface area contributed by atoms with Crippen LogP contribution in [0.5, 0.6) is 11.5 Å². The van der Waals surface area contributed by atoms with E-state index >= 15 is 0 Å². The van der Waals surface area contributed by atoms with Crippen LogP contribution in [0.1, 0.15) is 59.4 Å². The number of amides is 3. The second-order valence-corrected chi connectivity index (χ2v) is 10.7. The molecule has 0 bridgehead atoms. The quantitative estimate of drug-likeness (QED) is 0.348. The van der Waals surface area contributed by atoms with Crippen molar-refractivity contribution >= 4 is 34.2 Å². The minimum atomic E-state index is -0.448. The Kier molecular flexibility index (Phi) is 9.60. The van der Waals surface area contributed by atoms with Gasteiger partial charge in [-0.3, -0.25) is 14.5 Å². The molecule has 212 valence electrons. The van der Waals surface area contributed by atoms with Gasteiger partial charge in [-0.05, 0) is 30.5 Å². The smallest absolute Gasteiger partial charge is 0.410 e. The van der Waals surface area contributed by atoms with Gasteiger partial charge in [-0.25, -0.2) is 9.78 Å². The van der Waals surface area contributed by atoms with Crippen molar-refractivity contribution in [3.63, 3.8) is 0 Å². The number of nitrogens with one attached hydrogen (secondary N) is 2. The maximum Gasteiger partial charge on any atom is 0.410 e. The van der Waals surface area contributed by atoms with Crippen LogP contribution >= 0.6 is 11.3 Å². The first kappa shape index (κ1) is 28.9. The predicted octanol–water partition coefficient (Wildman–Crippen LogP) is 5.16. The molecule has 0 spiro atoms. The topological polar surface area (TPSA) is 119 Å². The second-order valence-electron chi connectivity index (χ2n) is 9.63. The number of carbonyl (C=O) groups is 3. The molecule has 2 aromatic carbocycles. The van der Waals surface area contributed by atoms with E-state index in [2.05, 4.69) is 15.6 Å². The van der Waals surface area contributed by atoms with Gasteiger partial charge in [0.1, 0.15) is 28.1 Å². The molecule has 0 aliphatic carbocycles. The minimum Gasteiger partial charge on any atom is -0.497 e. The SMILES string of the molecule is COc1ccc(CNC(=O)c2nc([C@H]3CCCN3C(=O)OCc3ccccc3)sc2NC(=O)C(C)C)c(OC)c1. The molecule has 1 aliphatic heterocycles. The molecule has 0 radical (unpaired) electrons. The Balaban J connectivity index is 1.52. The van der Waals surface area contributed by atoms with Gasteiger partial charge in [0, 0.05) is 30.6 Å². The van der Waals surface area contributed by atoms with Crippen molar-refractivity contribution in [1.29, 1.82) is 0 Å². The molecular weight excluding hydrogens is 532 g/mol. The molecule has 1 aliphatic rings. The number of methoxy groups -OCH3 is 2. The van der Waals surface area contributed by atoms with Crippen LogP contribution in [-0.4, -0.2) is 48.6 Å². The molecule has 10 nitrogen and oxygen atoms in total. The van der Waals surface area contributed by atoms with E-state index in [9.17, 15) is 14.4 Å². The van der Waals surface area contributed by atoms with Crippen molar-refractivity contribution in [2.24, 2.45) is 5.92 Å². The molecule has 0 unspecified atom stereocenters. The first-order valence-corrected chi connectivity index (χ1v) is 13.9. The summed E-state index contributed by atoms with van der Waals surface area (Å²) in [7, 11) is 3.11. The first-order chi connectivity index (χ1) is 19.3. The summed E-state index contributed by atoms with van der Waals surface area (Å²) in [5.41, 5.74) is 1.75. The van der Waals surface area contributed by atoms with Crippen molar-refractivity contribution in [3.05, 3.63) is 70.4 Å². The number of carbonyl (C=O) groups excluding carboxylic acids is 3. The number of aromatic nitrogens is 1. The lowest BCUT2D eigenvalue weighted by atomic mass is 10.2. The third-order valence-corrected chi connectivity index (χ3v) is 7.60. The van der Waals surface area contributed by atoms with E-state index in [0.29, 0.717) is 34.5 Å². The summed E-state index contributed by atoms with van der Waals surface area (Å²) in [5, 5.41) is 6.63. The average Bonchev–Trinajstić information content (AvgIpc) is 3.62. The van der Waals surface area contributed by atoms with E-state index < -0.39 is 12.0 Å². The van der Waals surface area contributed by atoms with Crippen LogP contribution in [0.3, 0.4) is 0 Å². The van der Waals surface area contributed by atoms with E-state index in [1.807, 2.05) is 36.4 Å². The van der Waals surface area contributed by atoms with Gasteiger partial charge >= 0.3 is 6.09 Å². The van der Waals surface area contributed by atoms with Gasteiger partial charge in [-0.15, -0.1) is 0 Å². The first-order valence-electron chi connectivity index (χ1n) is 13.1. The van der Waals surface area contributed by atoms with Gasteiger partial charge in [-0.2, -0.15) is 0 Å². The second kappa shape index (κ2) is 13.3. The minimum absolute atomic E-state index is 0.103. The van der Waals surface area contributed by atoms with Crippen LogP contribution in [-0.2, 0) is 22.7 Å². The lowest BCUT2D eigenvalue weighted by molar-refractivity contribution is -0.118. The molecule has 3 aromatic rings. The standard InChI is InChI=1S/C29H34N4O6S/c1-18(2)25(34)32-28-24(26(35)30-16-20-12-13-21(37-3)15-23(20)38-4)31-27(40-28)22-11-8-14-33(22)29(36)39-17-19-9-6-5-7-10-19/h5-7,9-10,12-13,15,18,22H,8,11,14,16-17H2,1-4H3,(H,30,35)(H,32,34)/t22-/m1/s1. The summed E-state index contributed by atoms with van der Waals surface area (Å²) in [6, 6.07) is 14.4. The Morgan fingerprint density at radius 2 is 1.88 bits per heavy atom. The molecule has 1 fully saturated rings. The number of thiazole rings is 1. The summed E-state index contributed by atoms with van der Waals surface area (Å²) in [4.78, 5) is 45.1. The summed E-state index contributed by atoms with van der Waals surface area (Å²) in [5.74, 6) is 0.240. The number of benzene rings is 2. The molecule has 1 aromatic heterocycles. The highest BCUT2D eigenvalue weighted by Gasteiger charge is 2.35. The predicted molar refractivity (Wildman–Crippen MR) is 152 cm³/mol. The lowest BCUT2D eigenvalue weighted by Gasteiger charge is -2.22. The van der Waals surface area contributed by atoms with E-state index in [4.69, 9.17) is 14.2 Å². The molecule has 1 saturated heterocycles. The van der Waals surface area contributed by atoms with Gasteiger partial charge in [0.05, 0.1) is 20.3 Å². The zero-order valence-corrected chi connectivity index (χ0v) is 23.9. The van der Waals surface area contributed by atoms with Gasteiger partial charge < -0.3 is 24.8 Å². The van der Waals surface area contributed by atoms with Gasteiger partial charge in [0.2, 0.25) is 5.91 Å². The fraction of sp³-hybridized carbons (Fsp3) is 0.379. The van der Waals surface area contributed by atoms with Gasteiger partial charge in [0.25, 0.3) is 5.91 Å². The summed E-state index contributed by atoms with van der Waals surface area (Å²) in [6.07, 6.45) is 1.01. The Bertz CT molecular complexity index is 1340. The number of anilines is 1. The Morgan fingerprint density at radius 1 is 1.10 bits per heavy atom. The number of hydrogen-bond acceptors (Lipinski definition) is 8. The van der Waals surface area contributed by atoms with Crippen LogP contribution in [0.25, 0.3) is 0 Å².